The standard InChI is InChI=1S/C44H80O8/c1-18-42(19-2,49-31(9)35(12,13)46)38-24-39(43(20-3,21-4)50-32(10)36(14,15)47)26-40(25-38,29-41(27-38,28-39)52-34(45)30(7)8)44(22-5,23-6)51-33(11)37(16,17)48/h31-33,46-48H,7,18-29H2,1-6,8-17H3. The Morgan fingerprint density at radius 3 is 0.962 bits per heavy atom. The van der Waals surface area contributed by atoms with Gasteiger partial charge in [-0.1, -0.05) is 48.1 Å². The molecule has 0 aromatic rings. The molecule has 3 unspecified atom stereocenters. The summed E-state index contributed by atoms with van der Waals surface area (Å²) in [4.78, 5) is 13.9. The first-order valence-electron chi connectivity index (χ1n) is 20.7. The highest BCUT2D eigenvalue weighted by Crippen LogP contribution is 2.81. The van der Waals surface area contributed by atoms with Gasteiger partial charge >= 0.3 is 5.97 Å². The molecule has 0 aromatic heterocycles. The van der Waals surface area contributed by atoms with E-state index >= 15 is 0 Å². The van der Waals surface area contributed by atoms with Gasteiger partial charge in [0.2, 0.25) is 0 Å². The summed E-state index contributed by atoms with van der Waals surface area (Å²) in [5, 5.41) is 34.0. The summed E-state index contributed by atoms with van der Waals surface area (Å²) in [6, 6.07) is 0. The third kappa shape index (κ3) is 7.57. The lowest BCUT2D eigenvalue weighted by Crippen LogP contribution is -2.78. The van der Waals surface area contributed by atoms with Crippen molar-refractivity contribution in [2.24, 2.45) is 16.2 Å². The molecule has 4 aliphatic rings. The smallest absolute Gasteiger partial charge is 0.333 e. The predicted molar refractivity (Wildman–Crippen MR) is 209 cm³/mol. The first kappa shape index (κ1) is 45.4. The van der Waals surface area contributed by atoms with E-state index in [4.69, 9.17) is 18.9 Å². The SMILES string of the molecule is C=C(C)C(=O)OC12CC3(C(CC)(CC)OC(C)C(C)(C)O)CC(C(CC)(CC)OC(C)C(C)(C)O)(C1)CC(C(CC)(CC)OC(C)C(C)(C)O)(C2)C3. The van der Waals surface area contributed by atoms with Crippen LogP contribution >= 0.6 is 0 Å². The predicted octanol–water partition coefficient (Wildman–Crippen LogP) is 9.39. The molecule has 0 aromatic carbocycles. The van der Waals surface area contributed by atoms with E-state index in [1.54, 1.807) is 6.92 Å². The third-order valence-electron chi connectivity index (χ3n) is 15.2. The molecule has 4 fully saturated rings. The van der Waals surface area contributed by atoms with Gasteiger partial charge in [0.25, 0.3) is 0 Å². The maximum Gasteiger partial charge on any atom is 0.333 e. The molecule has 0 spiro atoms. The molecule has 0 aliphatic heterocycles. The second kappa shape index (κ2) is 14.8. The van der Waals surface area contributed by atoms with Gasteiger partial charge < -0.3 is 34.3 Å². The van der Waals surface area contributed by atoms with Crippen molar-refractivity contribution in [3.05, 3.63) is 12.2 Å². The molecule has 4 bridgehead atoms. The number of hydrogen-bond donors (Lipinski definition) is 3. The molecule has 3 atom stereocenters. The zero-order valence-electron chi connectivity index (χ0n) is 36.3. The summed E-state index contributed by atoms with van der Waals surface area (Å²) in [5.74, 6) is -0.388. The minimum Gasteiger partial charge on any atom is -0.456 e. The van der Waals surface area contributed by atoms with Crippen LogP contribution in [0.2, 0.25) is 0 Å². The van der Waals surface area contributed by atoms with E-state index in [1.807, 2.05) is 62.3 Å². The van der Waals surface area contributed by atoms with Gasteiger partial charge in [-0.3, -0.25) is 0 Å². The molecule has 0 radical (unpaired) electrons. The normalized spacial score (nSPS) is 30.3. The van der Waals surface area contributed by atoms with Crippen molar-refractivity contribution in [1.82, 2.24) is 0 Å². The number of carbonyl (C=O) groups is 1. The monoisotopic (exact) mass is 737 g/mol. The highest BCUT2D eigenvalue weighted by atomic mass is 16.6. The Kier molecular flexibility index (Phi) is 12.9. The summed E-state index contributed by atoms with van der Waals surface area (Å²) in [6.07, 6.45) is 7.08. The summed E-state index contributed by atoms with van der Waals surface area (Å²) < 4.78 is 28.9. The van der Waals surface area contributed by atoms with E-state index in [9.17, 15) is 20.1 Å². The van der Waals surface area contributed by atoms with Gasteiger partial charge in [-0.05, 0) is 146 Å². The fraction of sp³-hybridized carbons (Fsp3) is 0.932. The van der Waals surface area contributed by atoms with Crippen LogP contribution in [0.3, 0.4) is 0 Å². The van der Waals surface area contributed by atoms with Crippen LogP contribution in [-0.2, 0) is 23.7 Å². The van der Waals surface area contributed by atoms with Crippen molar-refractivity contribution in [1.29, 1.82) is 0 Å². The van der Waals surface area contributed by atoms with Gasteiger partial charge in [0.1, 0.15) is 5.60 Å². The number of carbonyl (C=O) groups excluding carboxylic acids is 1. The second-order valence-corrected chi connectivity index (χ2v) is 19.6. The third-order valence-corrected chi connectivity index (χ3v) is 15.2. The molecule has 8 nitrogen and oxygen atoms in total. The Hall–Kier alpha value is -1.03. The average Bonchev–Trinajstić information content (AvgIpc) is 3.02. The fourth-order valence-corrected chi connectivity index (χ4v) is 11.7. The lowest BCUT2D eigenvalue weighted by Gasteiger charge is -2.78. The van der Waals surface area contributed by atoms with Crippen LogP contribution in [0.5, 0.6) is 0 Å². The van der Waals surface area contributed by atoms with Crippen molar-refractivity contribution in [3.63, 3.8) is 0 Å². The first-order chi connectivity index (χ1) is 23.6. The molecule has 4 rings (SSSR count). The van der Waals surface area contributed by atoms with Crippen LogP contribution in [0.25, 0.3) is 0 Å². The molecule has 4 saturated carbocycles. The zero-order valence-corrected chi connectivity index (χ0v) is 36.3. The quantitative estimate of drug-likeness (QED) is 0.0837. The van der Waals surface area contributed by atoms with Crippen molar-refractivity contribution in [3.8, 4) is 0 Å². The minimum absolute atomic E-state index is 0.366. The number of rotatable bonds is 20. The molecule has 0 saturated heterocycles. The zero-order chi connectivity index (χ0) is 40.2. The van der Waals surface area contributed by atoms with Crippen molar-refractivity contribution >= 4 is 5.97 Å². The highest BCUT2D eigenvalue weighted by molar-refractivity contribution is 5.87. The maximum absolute atomic E-state index is 13.9. The van der Waals surface area contributed by atoms with E-state index in [0.717, 1.165) is 19.3 Å². The number of hydrogen-bond acceptors (Lipinski definition) is 8. The second-order valence-electron chi connectivity index (χ2n) is 19.6. The van der Waals surface area contributed by atoms with Gasteiger partial charge in [0.15, 0.2) is 0 Å². The van der Waals surface area contributed by atoms with Crippen LogP contribution in [0, 0.1) is 16.2 Å². The van der Waals surface area contributed by atoms with E-state index in [2.05, 4.69) is 48.1 Å². The molecular formula is C44H80O8. The van der Waals surface area contributed by atoms with Gasteiger partial charge in [-0.25, -0.2) is 4.79 Å². The van der Waals surface area contributed by atoms with Crippen molar-refractivity contribution < 1.29 is 39.1 Å². The Morgan fingerprint density at radius 2 is 0.788 bits per heavy atom. The maximum atomic E-state index is 13.9. The Labute approximate surface area is 318 Å². The average molecular weight is 737 g/mol. The van der Waals surface area contributed by atoms with E-state index in [1.165, 1.54) is 0 Å². The molecule has 304 valence electrons. The fourth-order valence-electron chi connectivity index (χ4n) is 11.7. The van der Waals surface area contributed by atoms with Gasteiger partial charge in [-0.15, -0.1) is 0 Å². The summed E-state index contributed by atoms with van der Waals surface area (Å²) in [7, 11) is 0. The first-order valence-corrected chi connectivity index (χ1v) is 20.7. The molecule has 8 heteroatoms. The Bertz CT molecular complexity index is 1110. The molecule has 52 heavy (non-hydrogen) atoms. The van der Waals surface area contributed by atoms with Gasteiger partial charge in [-0.2, -0.15) is 0 Å². The number of ether oxygens (including phenoxy) is 4. The van der Waals surface area contributed by atoms with Crippen LogP contribution in [0.1, 0.15) is 188 Å². The highest BCUT2D eigenvalue weighted by Gasteiger charge is 2.80. The largest absolute Gasteiger partial charge is 0.456 e. The molecular weight excluding hydrogens is 656 g/mol. The minimum atomic E-state index is -1.08. The summed E-state index contributed by atoms with van der Waals surface area (Å²) in [6.45, 7) is 35.7. The van der Waals surface area contributed by atoms with E-state index in [0.29, 0.717) is 63.4 Å². The van der Waals surface area contributed by atoms with Gasteiger partial charge in [0, 0.05) is 21.8 Å². The topological polar surface area (TPSA) is 115 Å². The lowest BCUT2D eigenvalue weighted by molar-refractivity contribution is -0.371. The van der Waals surface area contributed by atoms with Crippen LogP contribution < -0.4 is 0 Å². The van der Waals surface area contributed by atoms with Crippen molar-refractivity contribution in [2.45, 2.75) is 245 Å². The lowest BCUT2D eigenvalue weighted by atomic mass is 9.30. The van der Waals surface area contributed by atoms with E-state index < -0.39 is 73.8 Å². The van der Waals surface area contributed by atoms with E-state index in [-0.39, 0.29) is 5.97 Å². The molecule has 4 aliphatic carbocycles. The molecule has 0 heterocycles. The Morgan fingerprint density at radius 1 is 0.558 bits per heavy atom. The molecule has 3 N–H and O–H groups in total. The van der Waals surface area contributed by atoms with Crippen LogP contribution in [-0.4, -0.2) is 78.8 Å². The van der Waals surface area contributed by atoms with Crippen LogP contribution in [0.15, 0.2) is 12.2 Å². The van der Waals surface area contributed by atoms with Gasteiger partial charge in [0.05, 0.1) is 51.9 Å². The number of esters is 1. The van der Waals surface area contributed by atoms with Crippen LogP contribution in [0.4, 0.5) is 0 Å². The Balaban J connectivity index is 2.58. The summed E-state index contributed by atoms with van der Waals surface area (Å²) in [5.41, 5.74) is -7.33. The molecule has 0 amide bonds. The number of aliphatic hydroxyl groups is 3. The summed E-state index contributed by atoms with van der Waals surface area (Å²) >= 11 is 0. The van der Waals surface area contributed by atoms with Crippen molar-refractivity contribution in [2.75, 3.05) is 0 Å².